The summed E-state index contributed by atoms with van der Waals surface area (Å²) in [5, 5.41) is 6.17. The van der Waals surface area contributed by atoms with Crippen LogP contribution in [0, 0.1) is 6.92 Å². The van der Waals surface area contributed by atoms with Gasteiger partial charge < -0.3 is 16.4 Å². The first kappa shape index (κ1) is 22.0. The normalized spacial score (nSPS) is 11.1. The molecule has 0 aliphatic carbocycles. The van der Waals surface area contributed by atoms with Crippen molar-refractivity contribution < 1.29 is 9.59 Å². The van der Waals surface area contributed by atoms with Crippen molar-refractivity contribution in [2.24, 2.45) is 5.73 Å². The van der Waals surface area contributed by atoms with Gasteiger partial charge in [0.25, 0.3) is 5.91 Å². The van der Waals surface area contributed by atoms with E-state index >= 15 is 0 Å². The Balaban J connectivity index is 1.78. The van der Waals surface area contributed by atoms with Crippen molar-refractivity contribution in [3.8, 4) is 11.3 Å². The van der Waals surface area contributed by atoms with Gasteiger partial charge in [-0.3, -0.25) is 9.59 Å². The third kappa shape index (κ3) is 5.25. The molecule has 0 spiro atoms. The van der Waals surface area contributed by atoms with Crippen molar-refractivity contribution in [2.75, 3.05) is 5.32 Å². The highest BCUT2D eigenvalue weighted by molar-refractivity contribution is 5.96. The molecule has 0 aliphatic rings. The summed E-state index contributed by atoms with van der Waals surface area (Å²) in [5.74, 6) is -0.176. The fraction of sp³-hybridized carbons (Fsp3) is 0.250. The zero-order valence-electron chi connectivity index (χ0n) is 18.2. The Morgan fingerprint density at radius 3 is 2.42 bits per heavy atom. The summed E-state index contributed by atoms with van der Waals surface area (Å²) in [6.07, 6.45) is 2.49. The Kier molecular flexibility index (Phi) is 6.34. The van der Waals surface area contributed by atoms with Gasteiger partial charge in [0.2, 0.25) is 11.9 Å². The molecule has 0 saturated heterocycles. The lowest BCUT2D eigenvalue weighted by atomic mass is 9.99. The number of rotatable bonds is 7. The number of nitrogens with one attached hydrogen (secondary N) is 2. The maximum Gasteiger partial charge on any atom is 0.251 e. The molecule has 0 unspecified atom stereocenters. The molecule has 3 aromatic rings. The van der Waals surface area contributed by atoms with E-state index in [0.29, 0.717) is 22.8 Å². The molecule has 7 nitrogen and oxygen atoms in total. The number of nitrogens with two attached hydrogens (primary N) is 1. The number of hydrogen-bond donors (Lipinski definition) is 3. The van der Waals surface area contributed by atoms with Crippen LogP contribution in [0.1, 0.15) is 53.5 Å². The van der Waals surface area contributed by atoms with Crippen LogP contribution in [0.4, 0.5) is 11.6 Å². The molecule has 0 saturated carbocycles. The van der Waals surface area contributed by atoms with Gasteiger partial charge in [-0.2, -0.15) is 0 Å². The average Bonchev–Trinajstić information content (AvgIpc) is 2.74. The summed E-state index contributed by atoms with van der Waals surface area (Å²) in [6, 6.07) is 14.3. The second-order valence-electron chi connectivity index (χ2n) is 8.00. The van der Waals surface area contributed by atoms with Gasteiger partial charge in [-0.1, -0.05) is 19.1 Å². The second-order valence-corrected chi connectivity index (χ2v) is 8.00. The zero-order valence-corrected chi connectivity index (χ0v) is 18.2. The lowest BCUT2D eigenvalue weighted by molar-refractivity contribution is 0.0910. The second kappa shape index (κ2) is 8.95. The number of aromatic nitrogens is 2. The van der Waals surface area contributed by atoms with Gasteiger partial charge in [-0.25, -0.2) is 9.97 Å². The first-order valence-corrected chi connectivity index (χ1v) is 10.1. The summed E-state index contributed by atoms with van der Waals surface area (Å²) in [6.45, 7) is 7.86. The van der Waals surface area contributed by atoms with Gasteiger partial charge in [-0.05, 0) is 69.2 Å². The largest absolute Gasteiger partial charge is 0.366 e. The van der Waals surface area contributed by atoms with Crippen LogP contribution in [-0.4, -0.2) is 27.3 Å². The summed E-state index contributed by atoms with van der Waals surface area (Å²) < 4.78 is 0. The average molecular weight is 418 g/mol. The number of nitrogens with zero attached hydrogens (tertiary/aromatic N) is 2. The number of anilines is 2. The maximum absolute atomic E-state index is 12.4. The predicted octanol–water partition coefficient (Wildman–Crippen LogP) is 4.21. The molecule has 0 fully saturated rings. The van der Waals surface area contributed by atoms with E-state index in [0.717, 1.165) is 23.2 Å². The Bertz CT molecular complexity index is 1110. The molecule has 2 amide bonds. The molecule has 1 aromatic heterocycles. The minimum Gasteiger partial charge on any atom is -0.366 e. The monoisotopic (exact) mass is 417 g/mol. The number of carbonyl (C=O) groups is 2. The Morgan fingerprint density at radius 2 is 1.77 bits per heavy atom. The first-order valence-electron chi connectivity index (χ1n) is 10.1. The van der Waals surface area contributed by atoms with E-state index in [1.165, 1.54) is 0 Å². The standard InChI is InChI=1S/C24H27N5O2/c1-5-24(3,4)29-22(31)16-9-11-17(12-10-16)27-23-26-14-13-20(28-23)18-7-6-8-19(15(18)2)21(25)30/h6-14H,5H2,1-4H3,(H2,25,30)(H,29,31)(H,26,27,28). The molecule has 0 radical (unpaired) electrons. The van der Waals surface area contributed by atoms with Crippen LogP contribution in [0.5, 0.6) is 0 Å². The summed E-state index contributed by atoms with van der Waals surface area (Å²) in [5.41, 5.74) is 9.26. The zero-order chi connectivity index (χ0) is 22.6. The SMILES string of the molecule is CCC(C)(C)NC(=O)c1ccc(Nc2nccc(-c3cccc(C(N)=O)c3C)n2)cc1. The number of primary amides is 1. The molecule has 3 rings (SSSR count). The molecule has 31 heavy (non-hydrogen) atoms. The van der Waals surface area contributed by atoms with Gasteiger partial charge in [0, 0.05) is 34.1 Å². The molecule has 0 atom stereocenters. The fourth-order valence-electron chi connectivity index (χ4n) is 3.05. The number of hydrogen-bond acceptors (Lipinski definition) is 5. The highest BCUT2D eigenvalue weighted by Gasteiger charge is 2.18. The molecular weight excluding hydrogens is 390 g/mol. The molecule has 160 valence electrons. The van der Waals surface area contributed by atoms with Crippen molar-refractivity contribution >= 4 is 23.5 Å². The molecule has 4 N–H and O–H groups in total. The topological polar surface area (TPSA) is 110 Å². The van der Waals surface area contributed by atoms with Crippen molar-refractivity contribution in [1.29, 1.82) is 0 Å². The van der Waals surface area contributed by atoms with Crippen molar-refractivity contribution in [2.45, 2.75) is 39.7 Å². The van der Waals surface area contributed by atoms with E-state index in [1.807, 2.05) is 45.9 Å². The summed E-state index contributed by atoms with van der Waals surface area (Å²) in [4.78, 5) is 32.9. The van der Waals surface area contributed by atoms with E-state index in [2.05, 4.69) is 20.6 Å². The molecule has 7 heteroatoms. The quantitative estimate of drug-likeness (QED) is 0.533. The van der Waals surface area contributed by atoms with Crippen LogP contribution in [0.25, 0.3) is 11.3 Å². The van der Waals surface area contributed by atoms with Crippen LogP contribution in [0.15, 0.2) is 54.7 Å². The van der Waals surface area contributed by atoms with Crippen LogP contribution >= 0.6 is 0 Å². The fourth-order valence-corrected chi connectivity index (χ4v) is 3.05. The van der Waals surface area contributed by atoms with Crippen LogP contribution in [0.3, 0.4) is 0 Å². The lowest BCUT2D eigenvalue weighted by Crippen LogP contribution is -2.42. The van der Waals surface area contributed by atoms with E-state index in [9.17, 15) is 9.59 Å². The Labute approximate surface area is 182 Å². The number of amides is 2. The highest BCUT2D eigenvalue weighted by Crippen LogP contribution is 2.25. The van der Waals surface area contributed by atoms with Gasteiger partial charge in [-0.15, -0.1) is 0 Å². The minimum atomic E-state index is -0.474. The number of carbonyl (C=O) groups excluding carboxylic acids is 2. The lowest BCUT2D eigenvalue weighted by Gasteiger charge is -2.24. The van der Waals surface area contributed by atoms with E-state index in [1.54, 1.807) is 36.5 Å². The maximum atomic E-state index is 12.4. The summed E-state index contributed by atoms with van der Waals surface area (Å²) in [7, 11) is 0. The molecule has 0 aliphatic heterocycles. The third-order valence-electron chi connectivity index (χ3n) is 5.27. The van der Waals surface area contributed by atoms with Crippen molar-refractivity contribution in [3.05, 3.63) is 71.4 Å². The van der Waals surface area contributed by atoms with Gasteiger partial charge in [0.05, 0.1) is 5.69 Å². The number of benzene rings is 2. The van der Waals surface area contributed by atoms with Crippen molar-refractivity contribution in [1.82, 2.24) is 15.3 Å². The third-order valence-corrected chi connectivity index (χ3v) is 5.27. The summed E-state index contributed by atoms with van der Waals surface area (Å²) >= 11 is 0. The molecular formula is C24H27N5O2. The molecule has 1 heterocycles. The Hall–Kier alpha value is -3.74. The Morgan fingerprint density at radius 1 is 1.06 bits per heavy atom. The van der Waals surface area contributed by atoms with E-state index in [4.69, 9.17) is 5.73 Å². The van der Waals surface area contributed by atoms with E-state index < -0.39 is 5.91 Å². The van der Waals surface area contributed by atoms with Crippen molar-refractivity contribution in [3.63, 3.8) is 0 Å². The first-order chi connectivity index (χ1) is 14.7. The predicted molar refractivity (Wildman–Crippen MR) is 122 cm³/mol. The van der Waals surface area contributed by atoms with Crippen LogP contribution in [0.2, 0.25) is 0 Å². The minimum absolute atomic E-state index is 0.110. The van der Waals surface area contributed by atoms with Crippen LogP contribution in [-0.2, 0) is 0 Å². The van der Waals surface area contributed by atoms with Gasteiger partial charge in [0.1, 0.15) is 0 Å². The molecule has 0 bridgehead atoms. The van der Waals surface area contributed by atoms with Gasteiger partial charge in [0.15, 0.2) is 0 Å². The smallest absolute Gasteiger partial charge is 0.251 e. The van der Waals surface area contributed by atoms with Gasteiger partial charge >= 0.3 is 0 Å². The van der Waals surface area contributed by atoms with Crippen LogP contribution < -0.4 is 16.4 Å². The highest BCUT2D eigenvalue weighted by atomic mass is 16.2. The van der Waals surface area contributed by atoms with E-state index in [-0.39, 0.29) is 11.4 Å². The molecule has 2 aromatic carbocycles.